The number of hydrogen-bond acceptors (Lipinski definition) is 4. The van der Waals surface area contributed by atoms with E-state index in [0.29, 0.717) is 6.54 Å². The minimum Gasteiger partial charge on any atom is -0.314 e. The van der Waals surface area contributed by atoms with Crippen LogP contribution in [0.1, 0.15) is 11.5 Å². The zero-order chi connectivity index (χ0) is 10.7. The van der Waals surface area contributed by atoms with E-state index in [-0.39, 0.29) is 0 Å². The summed E-state index contributed by atoms with van der Waals surface area (Å²) in [5.74, 6) is 0.899. The van der Waals surface area contributed by atoms with Crippen LogP contribution < -0.4 is 5.32 Å². The van der Waals surface area contributed by atoms with Gasteiger partial charge in [-0.1, -0.05) is 0 Å². The first-order valence-corrected chi connectivity index (χ1v) is 4.79. The lowest BCUT2D eigenvalue weighted by Gasteiger charge is -2.06. The summed E-state index contributed by atoms with van der Waals surface area (Å²) in [6, 6.07) is 1.99. The van der Waals surface area contributed by atoms with Gasteiger partial charge in [-0.25, -0.2) is 4.98 Å². The molecule has 1 N–H and O–H groups in total. The van der Waals surface area contributed by atoms with Crippen molar-refractivity contribution in [1.82, 2.24) is 29.9 Å². The van der Waals surface area contributed by atoms with Crippen molar-refractivity contribution in [2.45, 2.75) is 13.1 Å². The van der Waals surface area contributed by atoms with Crippen molar-refractivity contribution in [2.75, 3.05) is 7.05 Å². The van der Waals surface area contributed by atoms with E-state index in [1.807, 2.05) is 24.8 Å². The summed E-state index contributed by atoms with van der Waals surface area (Å²) in [6.45, 7) is 1.46. The van der Waals surface area contributed by atoms with Crippen molar-refractivity contribution in [1.29, 1.82) is 0 Å². The summed E-state index contributed by atoms with van der Waals surface area (Å²) >= 11 is 0. The molecule has 2 heterocycles. The highest BCUT2D eigenvalue weighted by atomic mass is 15.4. The molecule has 0 aliphatic rings. The molecule has 15 heavy (non-hydrogen) atoms. The molecule has 0 unspecified atom stereocenters. The van der Waals surface area contributed by atoms with Gasteiger partial charge in [-0.2, -0.15) is 10.2 Å². The van der Waals surface area contributed by atoms with Crippen LogP contribution in [0.15, 0.2) is 18.6 Å². The average molecular weight is 206 g/mol. The number of hydrogen-bond donors (Lipinski definition) is 1. The van der Waals surface area contributed by atoms with E-state index in [2.05, 4.69) is 20.5 Å². The number of aromatic nitrogens is 5. The second-order valence-corrected chi connectivity index (χ2v) is 3.31. The van der Waals surface area contributed by atoms with Gasteiger partial charge in [0, 0.05) is 19.8 Å². The molecule has 0 aromatic carbocycles. The van der Waals surface area contributed by atoms with E-state index in [1.54, 1.807) is 17.2 Å². The largest absolute Gasteiger partial charge is 0.314 e. The Balaban J connectivity index is 2.17. The van der Waals surface area contributed by atoms with Crippen LogP contribution in [-0.2, 0) is 20.1 Å². The lowest BCUT2D eigenvalue weighted by atomic mass is 10.4. The van der Waals surface area contributed by atoms with Gasteiger partial charge in [-0.15, -0.1) is 0 Å². The van der Waals surface area contributed by atoms with Crippen LogP contribution in [0.3, 0.4) is 0 Å². The van der Waals surface area contributed by atoms with E-state index in [0.717, 1.165) is 18.1 Å². The van der Waals surface area contributed by atoms with Crippen molar-refractivity contribution in [3.8, 4) is 0 Å². The van der Waals surface area contributed by atoms with Crippen LogP contribution in [0.25, 0.3) is 0 Å². The van der Waals surface area contributed by atoms with E-state index < -0.39 is 0 Å². The molecule has 0 saturated heterocycles. The van der Waals surface area contributed by atoms with Crippen LogP contribution >= 0.6 is 0 Å². The molecule has 2 aromatic heterocycles. The number of aryl methyl sites for hydroxylation is 1. The van der Waals surface area contributed by atoms with Crippen molar-refractivity contribution < 1.29 is 0 Å². The Bertz CT molecular complexity index is 429. The van der Waals surface area contributed by atoms with E-state index in [1.165, 1.54) is 0 Å². The highest BCUT2D eigenvalue weighted by molar-refractivity contribution is 5.02. The minimum atomic E-state index is 0.653. The molecule has 2 rings (SSSR count). The number of nitrogens with zero attached hydrogens (tertiary/aromatic N) is 5. The molecule has 0 spiro atoms. The van der Waals surface area contributed by atoms with Gasteiger partial charge in [0.2, 0.25) is 0 Å². The standard InChI is InChI=1S/C9H14N6/c1-10-5-8-3-4-12-15(8)6-9-11-7-13-14(9)2/h3-4,7,10H,5-6H2,1-2H3. The molecule has 6 nitrogen and oxygen atoms in total. The third-order valence-corrected chi connectivity index (χ3v) is 2.26. The number of rotatable bonds is 4. The van der Waals surface area contributed by atoms with Gasteiger partial charge in [0.25, 0.3) is 0 Å². The summed E-state index contributed by atoms with van der Waals surface area (Å²) in [5, 5.41) is 11.4. The zero-order valence-electron chi connectivity index (χ0n) is 8.88. The van der Waals surface area contributed by atoms with E-state index in [9.17, 15) is 0 Å². The van der Waals surface area contributed by atoms with Gasteiger partial charge in [0.1, 0.15) is 18.7 Å². The lowest BCUT2D eigenvalue weighted by Crippen LogP contribution is -2.15. The summed E-state index contributed by atoms with van der Waals surface area (Å²) in [4.78, 5) is 4.16. The van der Waals surface area contributed by atoms with Gasteiger partial charge in [-0.3, -0.25) is 9.36 Å². The maximum Gasteiger partial charge on any atom is 0.148 e. The maximum atomic E-state index is 4.25. The quantitative estimate of drug-likeness (QED) is 0.751. The zero-order valence-corrected chi connectivity index (χ0v) is 8.88. The molecule has 0 aliphatic heterocycles. The highest BCUT2D eigenvalue weighted by Gasteiger charge is 2.05. The molecule has 0 radical (unpaired) electrons. The molecule has 0 aliphatic carbocycles. The van der Waals surface area contributed by atoms with Crippen LogP contribution in [0.4, 0.5) is 0 Å². The second kappa shape index (κ2) is 4.22. The highest BCUT2D eigenvalue weighted by Crippen LogP contribution is 2.02. The minimum absolute atomic E-state index is 0.653. The summed E-state index contributed by atoms with van der Waals surface area (Å²) < 4.78 is 3.67. The Labute approximate surface area is 87.9 Å². The first-order chi connectivity index (χ1) is 7.31. The number of nitrogens with one attached hydrogen (secondary N) is 1. The van der Waals surface area contributed by atoms with Gasteiger partial charge in [-0.05, 0) is 13.1 Å². The topological polar surface area (TPSA) is 60.6 Å². The second-order valence-electron chi connectivity index (χ2n) is 3.31. The smallest absolute Gasteiger partial charge is 0.148 e. The predicted octanol–water partition coefficient (Wildman–Crippen LogP) is -0.221. The Morgan fingerprint density at radius 3 is 2.93 bits per heavy atom. The fraction of sp³-hybridized carbons (Fsp3) is 0.444. The molecule has 0 atom stereocenters. The van der Waals surface area contributed by atoms with Crippen LogP contribution in [0, 0.1) is 0 Å². The molecule has 0 fully saturated rings. The first-order valence-electron chi connectivity index (χ1n) is 4.79. The van der Waals surface area contributed by atoms with Crippen LogP contribution in [0.5, 0.6) is 0 Å². The SMILES string of the molecule is CNCc1ccnn1Cc1ncnn1C. The molecular weight excluding hydrogens is 192 g/mol. The average Bonchev–Trinajstić information content (AvgIpc) is 2.80. The molecule has 6 heteroatoms. The Morgan fingerprint density at radius 1 is 1.40 bits per heavy atom. The first kappa shape index (κ1) is 9.85. The van der Waals surface area contributed by atoms with Gasteiger partial charge >= 0.3 is 0 Å². The maximum absolute atomic E-state index is 4.25. The fourth-order valence-corrected chi connectivity index (χ4v) is 1.43. The molecule has 0 amide bonds. The normalized spacial score (nSPS) is 10.8. The van der Waals surface area contributed by atoms with E-state index >= 15 is 0 Å². The van der Waals surface area contributed by atoms with Gasteiger partial charge < -0.3 is 5.32 Å². The molecular formula is C9H14N6. The lowest BCUT2D eigenvalue weighted by molar-refractivity contribution is 0.575. The van der Waals surface area contributed by atoms with Crippen molar-refractivity contribution >= 4 is 0 Å². The van der Waals surface area contributed by atoms with E-state index in [4.69, 9.17) is 0 Å². The third-order valence-electron chi connectivity index (χ3n) is 2.26. The molecule has 2 aromatic rings. The van der Waals surface area contributed by atoms with Crippen LogP contribution in [0.2, 0.25) is 0 Å². The Morgan fingerprint density at radius 2 is 2.27 bits per heavy atom. The van der Waals surface area contributed by atoms with Gasteiger partial charge in [0.15, 0.2) is 0 Å². The Hall–Kier alpha value is -1.69. The van der Waals surface area contributed by atoms with Crippen molar-refractivity contribution in [3.63, 3.8) is 0 Å². The monoisotopic (exact) mass is 206 g/mol. The van der Waals surface area contributed by atoms with Crippen molar-refractivity contribution in [2.24, 2.45) is 7.05 Å². The van der Waals surface area contributed by atoms with Crippen LogP contribution in [-0.4, -0.2) is 31.6 Å². The molecule has 0 bridgehead atoms. The summed E-state index contributed by atoms with van der Waals surface area (Å²) in [7, 11) is 3.79. The molecule has 0 saturated carbocycles. The predicted molar refractivity (Wildman–Crippen MR) is 55.1 cm³/mol. The van der Waals surface area contributed by atoms with Crippen molar-refractivity contribution in [3.05, 3.63) is 30.1 Å². The summed E-state index contributed by atoms with van der Waals surface area (Å²) in [6.07, 6.45) is 3.35. The van der Waals surface area contributed by atoms with Gasteiger partial charge in [0.05, 0.1) is 5.69 Å². The molecule has 80 valence electrons. The Kier molecular flexibility index (Phi) is 2.77. The summed E-state index contributed by atoms with van der Waals surface area (Å²) in [5.41, 5.74) is 1.14. The fourth-order valence-electron chi connectivity index (χ4n) is 1.43. The third kappa shape index (κ3) is 2.04.